The van der Waals surface area contributed by atoms with Gasteiger partial charge in [0.2, 0.25) is 5.91 Å². The fourth-order valence-corrected chi connectivity index (χ4v) is 1.40. The zero-order valence-electron chi connectivity index (χ0n) is 8.42. The van der Waals surface area contributed by atoms with E-state index in [9.17, 15) is 4.79 Å². The van der Waals surface area contributed by atoms with Gasteiger partial charge in [-0.25, -0.2) is 0 Å². The summed E-state index contributed by atoms with van der Waals surface area (Å²) < 4.78 is 5.14. The normalized spacial score (nSPS) is 10.0. The van der Waals surface area contributed by atoms with Crippen molar-refractivity contribution in [3.05, 3.63) is 28.8 Å². The minimum Gasteiger partial charge on any atom is -0.496 e. The second kappa shape index (κ2) is 5.58. The van der Waals surface area contributed by atoms with Gasteiger partial charge in [-0.05, 0) is 18.2 Å². The third-order valence-electron chi connectivity index (χ3n) is 1.86. The lowest BCUT2D eigenvalue weighted by molar-refractivity contribution is -0.117. The number of amides is 1. The molecule has 5 heteroatoms. The van der Waals surface area contributed by atoms with Gasteiger partial charge in [-0.3, -0.25) is 4.79 Å². The van der Waals surface area contributed by atoms with E-state index in [0.717, 1.165) is 11.3 Å². The highest BCUT2D eigenvalue weighted by Crippen LogP contribution is 2.22. The van der Waals surface area contributed by atoms with Crippen molar-refractivity contribution in [2.45, 2.75) is 6.54 Å². The molecule has 1 aromatic carbocycles. The molecule has 4 nitrogen and oxygen atoms in total. The van der Waals surface area contributed by atoms with Crippen LogP contribution in [0.2, 0.25) is 5.02 Å². The second-order valence-corrected chi connectivity index (χ2v) is 3.46. The van der Waals surface area contributed by atoms with E-state index in [4.69, 9.17) is 22.1 Å². The Bertz CT molecular complexity index is 355. The number of benzene rings is 1. The summed E-state index contributed by atoms with van der Waals surface area (Å²) in [6, 6.07) is 5.32. The van der Waals surface area contributed by atoms with E-state index in [1.807, 2.05) is 0 Å². The summed E-state index contributed by atoms with van der Waals surface area (Å²) in [6.45, 7) is 0.627. The summed E-state index contributed by atoms with van der Waals surface area (Å²) in [4.78, 5) is 10.5. The van der Waals surface area contributed by atoms with E-state index in [1.165, 1.54) is 0 Å². The van der Waals surface area contributed by atoms with Crippen LogP contribution in [0.5, 0.6) is 5.75 Å². The van der Waals surface area contributed by atoms with E-state index in [0.29, 0.717) is 11.6 Å². The first-order chi connectivity index (χ1) is 7.13. The minimum atomic E-state index is -0.393. The molecule has 1 amide bonds. The molecule has 1 rings (SSSR count). The maximum atomic E-state index is 10.5. The number of hydrogen-bond acceptors (Lipinski definition) is 3. The van der Waals surface area contributed by atoms with Crippen LogP contribution in [0.4, 0.5) is 0 Å². The van der Waals surface area contributed by atoms with Gasteiger partial charge < -0.3 is 15.8 Å². The number of primary amides is 1. The van der Waals surface area contributed by atoms with Gasteiger partial charge in [-0.1, -0.05) is 11.6 Å². The predicted molar refractivity (Wildman–Crippen MR) is 58.9 cm³/mol. The molecule has 1 aromatic rings. The van der Waals surface area contributed by atoms with Crippen LogP contribution >= 0.6 is 11.6 Å². The van der Waals surface area contributed by atoms with E-state index in [1.54, 1.807) is 25.3 Å². The molecule has 82 valence electrons. The minimum absolute atomic E-state index is 0.135. The molecule has 0 saturated carbocycles. The van der Waals surface area contributed by atoms with Gasteiger partial charge in [0, 0.05) is 17.1 Å². The van der Waals surface area contributed by atoms with Gasteiger partial charge in [0.05, 0.1) is 13.7 Å². The Hall–Kier alpha value is -1.26. The smallest absolute Gasteiger partial charge is 0.231 e. The van der Waals surface area contributed by atoms with Crippen molar-refractivity contribution >= 4 is 17.5 Å². The predicted octanol–water partition coefficient (Wildman–Crippen LogP) is 0.923. The molecule has 0 atom stereocenters. The zero-order chi connectivity index (χ0) is 11.3. The molecule has 0 bridgehead atoms. The first kappa shape index (κ1) is 11.8. The van der Waals surface area contributed by atoms with Crippen LogP contribution in [0.1, 0.15) is 5.56 Å². The summed E-state index contributed by atoms with van der Waals surface area (Å²) >= 11 is 5.84. The molecule has 0 heterocycles. The molecule has 0 aliphatic rings. The SMILES string of the molecule is COc1ccc(Cl)cc1CNCC(N)=O. The van der Waals surface area contributed by atoms with Crippen LogP contribution in [0.25, 0.3) is 0 Å². The standard InChI is InChI=1S/C10H13ClN2O2/c1-15-9-3-2-8(11)4-7(9)5-13-6-10(12)14/h2-4,13H,5-6H2,1H3,(H2,12,14). The Labute approximate surface area is 93.4 Å². The molecule has 0 saturated heterocycles. The highest BCUT2D eigenvalue weighted by atomic mass is 35.5. The average molecular weight is 229 g/mol. The summed E-state index contributed by atoms with van der Waals surface area (Å²) in [6.07, 6.45) is 0. The first-order valence-corrected chi connectivity index (χ1v) is 4.82. The maximum Gasteiger partial charge on any atom is 0.231 e. The molecule has 0 radical (unpaired) electrons. The molecule has 0 unspecified atom stereocenters. The highest BCUT2D eigenvalue weighted by Gasteiger charge is 2.03. The van der Waals surface area contributed by atoms with Crippen molar-refractivity contribution in [1.82, 2.24) is 5.32 Å². The fraction of sp³-hybridized carbons (Fsp3) is 0.300. The van der Waals surface area contributed by atoms with Crippen LogP contribution in [-0.4, -0.2) is 19.6 Å². The zero-order valence-corrected chi connectivity index (χ0v) is 9.17. The number of rotatable bonds is 5. The Morgan fingerprint density at radius 2 is 2.33 bits per heavy atom. The topological polar surface area (TPSA) is 64.3 Å². The Morgan fingerprint density at radius 3 is 2.93 bits per heavy atom. The summed E-state index contributed by atoms with van der Waals surface area (Å²) in [5, 5.41) is 3.52. The molecule has 0 spiro atoms. The molecule has 0 aliphatic heterocycles. The van der Waals surface area contributed by atoms with E-state index in [-0.39, 0.29) is 6.54 Å². The van der Waals surface area contributed by atoms with E-state index >= 15 is 0 Å². The fourth-order valence-electron chi connectivity index (χ4n) is 1.21. The van der Waals surface area contributed by atoms with Crippen molar-refractivity contribution in [2.24, 2.45) is 5.73 Å². The van der Waals surface area contributed by atoms with Gasteiger partial charge in [0.1, 0.15) is 5.75 Å². The van der Waals surface area contributed by atoms with Gasteiger partial charge >= 0.3 is 0 Å². The lowest BCUT2D eigenvalue weighted by Crippen LogP contribution is -2.28. The number of nitrogens with two attached hydrogens (primary N) is 1. The van der Waals surface area contributed by atoms with E-state index < -0.39 is 5.91 Å². The molecule has 0 fully saturated rings. The number of nitrogens with one attached hydrogen (secondary N) is 1. The number of ether oxygens (including phenoxy) is 1. The molecule has 0 aliphatic carbocycles. The van der Waals surface area contributed by atoms with E-state index in [2.05, 4.69) is 5.32 Å². The van der Waals surface area contributed by atoms with Gasteiger partial charge in [0.15, 0.2) is 0 Å². The van der Waals surface area contributed by atoms with Crippen LogP contribution < -0.4 is 15.8 Å². The number of halogens is 1. The molecule has 15 heavy (non-hydrogen) atoms. The largest absolute Gasteiger partial charge is 0.496 e. The van der Waals surface area contributed by atoms with Crippen molar-refractivity contribution < 1.29 is 9.53 Å². The monoisotopic (exact) mass is 228 g/mol. The van der Waals surface area contributed by atoms with Crippen LogP contribution in [0, 0.1) is 0 Å². The summed E-state index contributed by atoms with van der Waals surface area (Å²) in [5.74, 6) is 0.340. The van der Waals surface area contributed by atoms with Crippen LogP contribution in [0.3, 0.4) is 0 Å². The van der Waals surface area contributed by atoms with Gasteiger partial charge in [-0.2, -0.15) is 0 Å². The summed E-state index contributed by atoms with van der Waals surface area (Å²) in [7, 11) is 1.58. The molecule has 0 aromatic heterocycles. The van der Waals surface area contributed by atoms with Crippen molar-refractivity contribution in [3.63, 3.8) is 0 Å². The lowest BCUT2D eigenvalue weighted by atomic mass is 10.2. The Balaban J connectivity index is 2.65. The molecular formula is C10H13ClN2O2. The van der Waals surface area contributed by atoms with Gasteiger partial charge in [-0.15, -0.1) is 0 Å². The number of methoxy groups -OCH3 is 1. The molecular weight excluding hydrogens is 216 g/mol. The Morgan fingerprint density at radius 1 is 1.60 bits per heavy atom. The quantitative estimate of drug-likeness (QED) is 0.788. The lowest BCUT2D eigenvalue weighted by Gasteiger charge is -2.09. The maximum absolute atomic E-state index is 10.5. The average Bonchev–Trinajstić information content (AvgIpc) is 2.17. The summed E-state index contributed by atoms with van der Waals surface area (Å²) in [5.41, 5.74) is 5.89. The highest BCUT2D eigenvalue weighted by molar-refractivity contribution is 6.30. The molecule has 3 N–H and O–H groups in total. The van der Waals surface area contributed by atoms with Crippen LogP contribution in [0.15, 0.2) is 18.2 Å². The van der Waals surface area contributed by atoms with Crippen molar-refractivity contribution in [2.75, 3.05) is 13.7 Å². The van der Waals surface area contributed by atoms with Crippen LogP contribution in [-0.2, 0) is 11.3 Å². The second-order valence-electron chi connectivity index (χ2n) is 3.03. The third kappa shape index (κ3) is 3.77. The van der Waals surface area contributed by atoms with Crippen molar-refractivity contribution in [1.29, 1.82) is 0 Å². The van der Waals surface area contributed by atoms with Gasteiger partial charge in [0.25, 0.3) is 0 Å². The third-order valence-corrected chi connectivity index (χ3v) is 2.09. The number of carbonyl (C=O) groups excluding carboxylic acids is 1. The number of hydrogen-bond donors (Lipinski definition) is 2. The van der Waals surface area contributed by atoms with Crippen molar-refractivity contribution in [3.8, 4) is 5.75 Å². The number of carbonyl (C=O) groups is 1. The first-order valence-electron chi connectivity index (χ1n) is 4.45. The Kier molecular flexibility index (Phi) is 4.39.